The number of likely N-dealkylation sites (tertiary alicyclic amines) is 1. The van der Waals surface area contributed by atoms with Gasteiger partial charge in [-0.2, -0.15) is 0 Å². The summed E-state index contributed by atoms with van der Waals surface area (Å²) in [6.45, 7) is 5.64. The number of thiazole rings is 1. The molecule has 2 rings (SSSR count). The zero-order valence-electron chi connectivity index (χ0n) is 10.3. The van der Waals surface area contributed by atoms with Gasteiger partial charge < -0.3 is 10.6 Å². The van der Waals surface area contributed by atoms with Crippen molar-refractivity contribution in [2.24, 2.45) is 5.73 Å². The second kappa shape index (κ2) is 5.14. The Hall–Kier alpha value is -0.940. The van der Waals surface area contributed by atoms with Gasteiger partial charge in [0.15, 0.2) is 0 Å². The highest BCUT2D eigenvalue weighted by molar-refractivity contribution is 7.09. The molecule has 0 radical (unpaired) electrons. The highest BCUT2D eigenvalue weighted by atomic mass is 32.1. The van der Waals surface area contributed by atoms with Gasteiger partial charge in [0, 0.05) is 30.4 Å². The Kier molecular flexibility index (Phi) is 3.79. The van der Waals surface area contributed by atoms with E-state index in [2.05, 4.69) is 18.8 Å². The molecule has 1 aromatic rings. The number of rotatable bonds is 2. The van der Waals surface area contributed by atoms with E-state index in [1.165, 1.54) is 0 Å². The summed E-state index contributed by atoms with van der Waals surface area (Å²) in [4.78, 5) is 18.4. The number of carbonyl (C=O) groups is 1. The summed E-state index contributed by atoms with van der Waals surface area (Å²) in [6, 6.07) is 0.121. The van der Waals surface area contributed by atoms with Crippen LogP contribution in [0, 0.1) is 0 Å². The Morgan fingerprint density at radius 1 is 1.65 bits per heavy atom. The minimum absolute atomic E-state index is 0.0308. The minimum atomic E-state index is 0.0308. The van der Waals surface area contributed by atoms with Gasteiger partial charge in [-0.25, -0.2) is 4.98 Å². The Morgan fingerprint density at radius 3 is 3.00 bits per heavy atom. The maximum atomic E-state index is 12.2. The fourth-order valence-corrected chi connectivity index (χ4v) is 2.82. The lowest BCUT2D eigenvalue weighted by molar-refractivity contribution is 0.0703. The van der Waals surface area contributed by atoms with E-state index >= 15 is 0 Å². The molecule has 1 amide bonds. The van der Waals surface area contributed by atoms with Crippen molar-refractivity contribution < 1.29 is 4.79 Å². The Morgan fingerprint density at radius 2 is 2.41 bits per heavy atom. The van der Waals surface area contributed by atoms with Gasteiger partial charge in [0.1, 0.15) is 5.69 Å². The summed E-state index contributed by atoms with van der Waals surface area (Å²) < 4.78 is 0. The van der Waals surface area contributed by atoms with Crippen molar-refractivity contribution in [2.75, 3.05) is 13.1 Å². The largest absolute Gasteiger partial charge is 0.336 e. The number of aromatic nitrogens is 1. The Bertz CT molecular complexity index is 402. The molecule has 1 aliphatic rings. The van der Waals surface area contributed by atoms with Crippen LogP contribution in [0.1, 0.15) is 48.1 Å². The highest BCUT2D eigenvalue weighted by Gasteiger charge is 2.24. The average molecular weight is 253 g/mol. The van der Waals surface area contributed by atoms with Gasteiger partial charge in [-0.1, -0.05) is 13.8 Å². The molecular formula is C12H19N3OS. The molecular weight excluding hydrogens is 234 g/mol. The number of piperidine rings is 1. The zero-order valence-corrected chi connectivity index (χ0v) is 11.2. The number of hydrogen-bond acceptors (Lipinski definition) is 4. The van der Waals surface area contributed by atoms with Gasteiger partial charge in [-0.3, -0.25) is 4.79 Å². The number of amides is 1. The van der Waals surface area contributed by atoms with Crippen LogP contribution in [0.25, 0.3) is 0 Å². The Labute approximate surface area is 106 Å². The summed E-state index contributed by atoms with van der Waals surface area (Å²) in [5, 5.41) is 2.88. The monoisotopic (exact) mass is 253 g/mol. The van der Waals surface area contributed by atoms with Gasteiger partial charge >= 0.3 is 0 Å². The van der Waals surface area contributed by atoms with E-state index in [0.29, 0.717) is 18.2 Å². The van der Waals surface area contributed by atoms with Crippen LogP contribution < -0.4 is 5.73 Å². The van der Waals surface area contributed by atoms with Gasteiger partial charge in [-0.05, 0) is 12.8 Å². The van der Waals surface area contributed by atoms with Gasteiger partial charge in [0.25, 0.3) is 5.91 Å². The molecule has 1 atom stereocenters. The molecule has 0 aliphatic carbocycles. The molecule has 0 aromatic carbocycles. The van der Waals surface area contributed by atoms with E-state index in [1.54, 1.807) is 11.3 Å². The molecule has 0 spiro atoms. The maximum absolute atomic E-state index is 12.2. The molecule has 1 saturated heterocycles. The van der Waals surface area contributed by atoms with Crippen LogP contribution in [0.15, 0.2) is 5.38 Å². The first kappa shape index (κ1) is 12.5. The zero-order chi connectivity index (χ0) is 12.4. The van der Waals surface area contributed by atoms with Crippen molar-refractivity contribution >= 4 is 17.2 Å². The molecule has 2 N–H and O–H groups in total. The first-order valence-electron chi connectivity index (χ1n) is 6.08. The Balaban J connectivity index is 2.07. The first-order valence-corrected chi connectivity index (χ1v) is 6.96. The van der Waals surface area contributed by atoms with Crippen molar-refractivity contribution in [1.82, 2.24) is 9.88 Å². The number of hydrogen-bond donors (Lipinski definition) is 1. The lowest BCUT2D eigenvalue weighted by Gasteiger charge is -2.30. The van der Waals surface area contributed by atoms with Gasteiger partial charge in [0.05, 0.1) is 5.01 Å². The summed E-state index contributed by atoms with van der Waals surface area (Å²) in [5.74, 6) is 0.411. The fraction of sp³-hybridized carbons (Fsp3) is 0.667. The first-order chi connectivity index (χ1) is 8.08. The second-order valence-corrected chi connectivity index (χ2v) is 5.77. The SMILES string of the molecule is CC(C)c1nc(C(=O)N2CCCC(N)C2)cs1. The third kappa shape index (κ3) is 2.84. The van der Waals surface area contributed by atoms with Crippen LogP contribution in [0.4, 0.5) is 0 Å². The topological polar surface area (TPSA) is 59.2 Å². The molecule has 1 aliphatic heterocycles. The number of carbonyl (C=O) groups excluding carboxylic acids is 1. The normalized spacial score (nSPS) is 20.9. The fourth-order valence-electron chi connectivity index (χ4n) is 2.01. The molecule has 17 heavy (non-hydrogen) atoms. The second-order valence-electron chi connectivity index (χ2n) is 4.88. The molecule has 2 heterocycles. The maximum Gasteiger partial charge on any atom is 0.273 e. The van der Waals surface area contributed by atoms with Crippen LogP contribution in [0.3, 0.4) is 0 Å². The van der Waals surface area contributed by atoms with Crippen LogP contribution in [0.2, 0.25) is 0 Å². The van der Waals surface area contributed by atoms with E-state index in [9.17, 15) is 4.79 Å². The minimum Gasteiger partial charge on any atom is -0.336 e. The van der Waals surface area contributed by atoms with Crippen LogP contribution in [-0.2, 0) is 0 Å². The third-order valence-corrected chi connectivity index (χ3v) is 4.13. The summed E-state index contributed by atoms with van der Waals surface area (Å²) in [6.07, 6.45) is 2.01. The molecule has 4 nitrogen and oxygen atoms in total. The molecule has 1 unspecified atom stereocenters. The molecule has 0 bridgehead atoms. The van der Waals surface area contributed by atoms with Crippen molar-refractivity contribution in [1.29, 1.82) is 0 Å². The van der Waals surface area contributed by atoms with Crippen molar-refractivity contribution in [3.8, 4) is 0 Å². The summed E-state index contributed by atoms with van der Waals surface area (Å²) >= 11 is 1.56. The van der Waals surface area contributed by atoms with E-state index in [0.717, 1.165) is 24.4 Å². The lowest BCUT2D eigenvalue weighted by Crippen LogP contribution is -2.45. The summed E-state index contributed by atoms with van der Waals surface area (Å²) in [7, 11) is 0. The van der Waals surface area contributed by atoms with E-state index < -0.39 is 0 Å². The van der Waals surface area contributed by atoms with Crippen LogP contribution in [-0.4, -0.2) is 34.9 Å². The molecule has 1 fully saturated rings. The smallest absolute Gasteiger partial charge is 0.273 e. The molecule has 5 heteroatoms. The van der Waals surface area contributed by atoms with Gasteiger partial charge in [0.2, 0.25) is 0 Å². The third-order valence-electron chi connectivity index (χ3n) is 2.98. The molecule has 94 valence electrons. The number of nitrogens with zero attached hydrogens (tertiary/aromatic N) is 2. The lowest BCUT2D eigenvalue weighted by atomic mass is 10.1. The van der Waals surface area contributed by atoms with Crippen LogP contribution in [0.5, 0.6) is 0 Å². The summed E-state index contributed by atoms with van der Waals surface area (Å²) in [5.41, 5.74) is 6.46. The molecule has 0 saturated carbocycles. The average Bonchev–Trinajstić information content (AvgIpc) is 2.77. The quantitative estimate of drug-likeness (QED) is 0.874. The van der Waals surface area contributed by atoms with E-state index in [4.69, 9.17) is 5.73 Å². The van der Waals surface area contributed by atoms with E-state index in [1.807, 2.05) is 10.3 Å². The van der Waals surface area contributed by atoms with Crippen molar-refractivity contribution in [2.45, 2.75) is 38.6 Å². The van der Waals surface area contributed by atoms with Crippen LogP contribution >= 0.6 is 11.3 Å². The standard InChI is InChI=1S/C12H19N3OS/c1-8(2)11-14-10(7-17-11)12(16)15-5-3-4-9(13)6-15/h7-9H,3-6,13H2,1-2H3. The predicted octanol–water partition coefficient (Wildman–Crippen LogP) is 1.83. The highest BCUT2D eigenvalue weighted by Crippen LogP contribution is 2.21. The van der Waals surface area contributed by atoms with E-state index in [-0.39, 0.29) is 11.9 Å². The predicted molar refractivity (Wildman–Crippen MR) is 69.3 cm³/mol. The van der Waals surface area contributed by atoms with Crippen molar-refractivity contribution in [3.05, 3.63) is 16.1 Å². The van der Waals surface area contributed by atoms with Gasteiger partial charge in [-0.15, -0.1) is 11.3 Å². The molecule has 1 aromatic heterocycles. The van der Waals surface area contributed by atoms with Crippen molar-refractivity contribution in [3.63, 3.8) is 0 Å². The number of nitrogens with two attached hydrogens (primary N) is 1.